The van der Waals surface area contributed by atoms with Crippen molar-refractivity contribution in [3.05, 3.63) is 48.3 Å². The fourth-order valence-corrected chi connectivity index (χ4v) is 2.61. The van der Waals surface area contributed by atoms with E-state index in [0.29, 0.717) is 43.5 Å². The molecule has 7 nitrogen and oxygen atoms in total. The van der Waals surface area contributed by atoms with Gasteiger partial charge in [0.2, 0.25) is 0 Å². The van der Waals surface area contributed by atoms with E-state index in [9.17, 15) is 4.79 Å². The molecule has 2 aromatic rings. The summed E-state index contributed by atoms with van der Waals surface area (Å²) in [6.07, 6.45) is 3.50. The van der Waals surface area contributed by atoms with Crippen LogP contribution in [0.3, 0.4) is 0 Å². The minimum atomic E-state index is -0.160. The zero-order chi connectivity index (χ0) is 18.4. The Hall–Kier alpha value is -2.80. The molecule has 1 aliphatic heterocycles. The molecule has 1 N–H and O–H groups in total. The van der Waals surface area contributed by atoms with Crippen molar-refractivity contribution in [2.24, 2.45) is 0 Å². The van der Waals surface area contributed by atoms with E-state index in [4.69, 9.17) is 9.47 Å². The zero-order valence-electron chi connectivity index (χ0n) is 15.1. The summed E-state index contributed by atoms with van der Waals surface area (Å²) < 4.78 is 11.1. The Morgan fingerprint density at radius 2 is 1.96 bits per heavy atom. The molecule has 0 saturated carbocycles. The number of fused-ring (bicyclic) bond motifs is 1. The number of urea groups is 1. The molecule has 0 saturated heterocycles. The second kappa shape index (κ2) is 8.53. The van der Waals surface area contributed by atoms with E-state index in [1.54, 1.807) is 23.4 Å². The third-order valence-electron chi connectivity index (χ3n) is 3.99. The van der Waals surface area contributed by atoms with Crippen LogP contribution in [0.5, 0.6) is 11.5 Å². The van der Waals surface area contributed by atoms with E-state index in [2.05, 4.69) is 10.3 Å². The molecule has 0 bridgehead atoms. The molecule has 0 spiro atoms. The maximum absolute atomic E-state index is 12.8. The first-order valence-corrected chi connectivity index (χ1v) is 8.61. The minimum absolute atomic E-state index is 0.160. The summed E-state index contributed by atoms with van der Waals surface area (Å²) in [6, 6.07) is 9.10. The lowest BCUT2D eigenvalue weighted by molar-refractivity contribution is 0.171. The van der Waals surface area contributed by atoms with E-state index in [0.717, 1.165) is 12.1 Å². The SMILES string of the molecule is CN(C)CCN(Cc1cccnc1)C(=O)Nc1ccc2c(c1)OCCO2. The van der Waals surface area contributed by atoms with Gasteiger partial charge in [0.1, 0.15) is 13.2 Å². The smallest absolute Gasteiger partial charge is 0.322 e. The first-order valence-electron chi connectivity index (χ1n) is 8.61. The number of ether oxygens (including phenoxy) is 2. The summed E-state index contributed by atoms with van der Waals surface area (Å²) in [7, 11) is 3.97. The first kappa shape index (κ1) is 18.0. The second-order valence-corrected chi connectivity index (χ2v) is 6.37. The van der Waals surface area contributed by atoms with Crippen LogP contribution in [0.1, 0.15) is 5.56 Å². The van der Waals surface area contributed by atoms with E-state index in [1.807, 2.05) is 43.3 Å². The third kappa shape index (κ3) is 4.86. The van der Waals surface area contributed by atoms with Gasteiger partial charge in [-0.15, -0.1) is 0 Å². The molecule has 3 rings (SSSR count). The predicted octanol–water partition coefficient (Wildman–Crippen LogP) is 2.45. The normalized spacial score (nSPS) is 12.7. The van der Waals surface area contributed by atoms with Crippen molar-refractivity contribution in [3.8, 4) is 11.5 Å². The molecular formula is C19H24N4O3. The van der Waals surface area contributed by atoms with Crippen molar-refractivity contribution < 1.29 is 14.3 Å². The van der Waals surface area contributed by atoms with Crippen LogP contribution < -0.4 is 14.8 Å². The van der Waals surface area contributed by atoms with Crippen molar-refractivity contribution in [2.45, 2.75) is 6.54 Å². The lowest BCUT2D eigenvalue weighted by Crippen LogP contribution is -2.39. The number of carbonyl (C=O) groups excluding carboxylic acids is 1. The van der Waals surface area contributed by atoms with Crippen LogP contribution in [0.25, 0.3) is 0 Å². The summed E-state index contributed by atoms with van der Waals surface area (Å²) in [5.41, 5.74) is 1.67. The van der Waals surface area contributed by atoms with Crippen LogP contribution in [0.2, 0.25) is 0 Å². The predicted molar refractivity (Wildman–Crippen MR) is 99.7 cm³/mol. The van der Waals surface area contributed by atoms with Gasteiger partial charge in [-0.3, -0.25) is 4.98 Å². The molecule has 7 heteroatoms. The Morgan fingerprint density at radius 1 is 1.15 bits per heavy atom. The number of rotatable bonds is 6. The Morgan fingerprint density at radius 3 is 2.69 bits per heavy atom. The van der Waals surface area contributed by atoms with Crippen LogP contribution in [-0.2, 0) is 6.54 Å². The first-order chi connectivity index (χ1) is 12.6. The molecule has 0 radical (unpaired) electrons. The van der Waals surface area contributed by atoms with Gasteiger partial charge < -0.3 is 24.6 Å². The number of hydrogen-bond acceptors (Lipinski definition) is 5. The standard InChI is InChI=1S/C19H24N4O3/c1-22(2)8-9-23(14-15-4-3-7-20-13-15)19(24)21-16-5-6-17-18(12-16)26-11-10-25-17/h3-7,12-13H,8-11,14H2,1-2H3,(H,21,24). The average molecular weight is 356 g/mol. The molecule has 1 aromatic carbocycles. The highest BCUT2D eigenvalue weighted by Gasteiger charge is 2.17. The Labute approximate surface area is 153 Å². The van der Waals surface area contributed by atoms with Gasteiger partial charge >= 0.3 is 6.03 Å². The summed E-state index contributed by atoms with van der Waals surface area (Å²) in [5.74, 6) is 1.36. The number of carbonyl (C=O) groups is 1. The van der Waals surface area contributed by atoms with E-state index >= 15 is 0 Å². The van der Waals surface area contributed by atoms with Gasteiger partial charge in [-0.05, 0) is 37.9 Å². The number of amides is 2. The summed E-state index contributed by atoms with van der Waals surface area (Å²) in [6.45, 7) is 2.94. The van der Waals surface area contributed by atoms with Gasteiger partial charge in [0, 0.05) is 43.8 Å². The third-order valence-corrected chi connectivity index (χ3v) is 3.99. The maximum atomic E-state index is 12.8. The van der Waals surface area contributed by atoms with Gasteiger partial charge in [0.15, 0.2) is 11.5 Å². The fourth-order valence-electron chi connectivity index (χ4n) is 2.61. The lowest BCUT2D eigenvalue weighted by Gasteiger charge is -2.25. The summed E-state index contributed by atoms with van der Waals surface area (Å²) in [5, 5.41) is 2.95. The number of anilines is 1. The van der Waals surface area contributed by atoms with Crippen LogP contribution in [0, 0.1) is 0 Å². The fraction of sp³-hybridized carbons (Fsp3) is 0.368. The van der Waals surface area contributed by atoms with Gasteiger partial charge in [-0.25, -0.2) is 4.79 Å². The van der Waals surface area contributed by atoms with Crippen LogP contribution >= 0.6 is 0 Å². The minimum Gasteiger partial charge on any atom is -0.486 e. The van der Waals surface area contributed by atoms with Crippen molar-refractivity contribution in [1.82, 2.24) is 14.8 Å². The number of nitrogens with one attached hydrogen (secondary N) is 1. The molecule has 138 valence electrons. The number of likely N-dealkylation sites (N-methyl/N-ethyl adjacent to an activating group) is 1. The molecule has 1 aliphatic rings. The van der Waals surface area contributed by atoms with Crippen LogP contribution in [0.15, 0.2) is 42.7 Å². The molecule has 2 heterocycles. The van der Waals surface area contributed by atoms with Gasteiger partial charge in [-0.1, -0.05) is 6.07 Å². The van der Waals surface area contributed by atoms with Crippen molar-refractivity contribution in [1.29, 1.82) is 0 Å². The number of hydrogen-bond donors (Lipinski definition) is 1. The van der Waals surface area contributed by atoms with Gasteiger partial charge in [-0.2, -0.15) is 0 Å². The van der Waals surface area contributed by atoms with Crippen molar-refractivity contribution in [2.75, 3.05) is 45.7 Å². The highest BCUT2D eigenvalue weighted by Crippen LogP contribution is 2.32. The number of pyridine rings is 1. The molecule has 2 amide bonds. The Bertz CT molecular complexity index is 737. The van der Waals surface area contributed by atoms with Crippen LogP contribution in [0.4, 0.5) is 10.5 Å². The van der Waals surface area contributed by atoms with E-state index in [-0.39, 0.29) is 6.03 Å². The van der Waals surface area contributed by atoms with E-state index in [1.165, 1.54) is 0 Å². The molecular weight excluding hydrogens is 332 g/mol. The zero-order valence-corrected chi connectivity index (χ0v) is 15.1. The number of benzene rings is 1. The number of nitrogens with zero attached hydrogens (tertiary/aromatic N) is 3. The summed E-state index contributed by atoms with van der Waals surface area (Å²) in [4.78, 5) is 20.7. The largest absolute Gasteiger partial charge is 0.486 e. The van der Waals surface area contributed by atoms with Crippen LogP contribution in [-0.4, -0.2) is 61.2 Å². The monoisotopic (exact) mass is 356 g/mol. The highest BCUT2D eigenvalue weighted by atomic mass is 16.6. The lowest BCUT2D eigenvalue weighted by atomic mass is 10.2. The van der Waals surface area contributed by atoms with Gasteiger partial charge in [0.25, 0.3) is 0 Å². The average Bonchev–Trinajstić information content (AvgIpc) is 2.65. The van der Waals surface area contributed by atoms with Gasteiger partial charge in [0.05, 0.1) is 0 Å². The topological polar surface area (TPSA) is 66.9 Å². The molecule has 1 aromatic heterocycles. The van der Waals surface area contributed by atoms with Crippen molar-refractivity contribution >= 4 is 11.7 Å². The maximum Gasteiger partial charge on any atom is 0.322 e. The molecule has 0 atom stereocenters. The van der Waals surface area contributed by atoms with E-state index < -0.39 is 0 Å². The summed E-state index contributed by atoms with van der Waals surface area (Å²) >= 11 is 0. The molecule has 26 heavy (non-hydrogen) atoms. The Kier molecular flexibility index (Phi) is 5.91. The van der Waals surface area contributed by atoms with Crippen molar-refractivity contribution in [3.63, 3.8) is 0 Å². The Balaban J connectivity index is 1.69. The quantitative estimate of drug-likeness (QED) is 0.861. The molecule has 0 fully saturated rings. The number of aromatic nitrogens is 1. The molecule has 0 unspecified atom stereocenters. The molecule has 0 aliphatic carbocycles. The second-order valence-electron chi connectivity index (χ2n) is 6.37. The highest BCUT2D eigenvalue weighted by molar-refractivity contribution is 5.89.